The van der Waals surface area contributed by atoms with Crippen LogP contribution in [0.1, 0.15) is 34.1 Å². The molecule has 74 valence electrons. The monoisotopic (exact) mass is 182 g/mol. The molecule has 0 aromatic heterocycles. The minimum Gasteiger partial charge on any atom is -0.462 e. The number of hydrogen-bond donors (Lipinski definition) is 0. The van der Waals surface area contributed by atoms with E-state index in [0.717, 1.165) is 6.42 Å². The molecule has 13 heavy (non-hydrogen) atoms. The van der Waals surface area contributed by atoms with Crippen molar-refractivity contribution >= 4 is 5.97 Å². The van der Waals surface area contributed by atoms with Gasteiger partial charge in [-0.05, 0) is 27.7 Å². The molecule has 0 rings (SSSR count). The third-order valence-corrected chi connectivity index (χ3v) is 1.91. The Morgan fingerprint density at radius 2 is 1.77 bits per heavy atom. The van der Waals surface area contributed by atoms with Gasteiger partial charge in [0.05, 0.1) is 6.61 Å². The topological polar surface area (TPSA) is 26.3 Å². The Balaban J connectivity index is 3.76. The Kier molecular flexibility index (Phi) is 5.12. The number of allylic oxidation sites excluding steroid dienone is 1. The molecule has 0 aliphatic carbocycles. The fraction of sp³-hybridized carbons (Fsp3) is 0.545. The highest BCUT2D eigenvalue weighted by Gasteiger charge is 2.02. The SMILES string of the molecule is C=C(C)C(=O)OCCC(C)=C(C)C. The van der Waals surface area contributed by atoms with Gasteiger partial charge in [0, 0.05) is 12.0 Å². The first kappa shape index (κ1) is 11.9. The number of hydrogen-bond acceptors (Lipinski definition) is 2. The molecule has 0 aromatic rings. The van der Waals surface area contributed by atoms with Crippen molar-refractivity contribution in [2.45, 2.75) is 34.1 Å². The molecule has 0 spiro atoms. The normalized spacial score (nSPS) is 9.23. The zero-order valence-electron chi connectivity index (χ0n) is 8.94. The van der Waals surface area contributed by atoms with Crippen LogP contribution in [0.3, 0.4) is 0 Å². The Morgan fingerprint density at radius 1 is 1.23 bits per heavy atom. The Hall–Kier alpha value is -1.05. The molecule has 0 unspecified atom stereocenters. The van der Waals surface area contributed by atoms with Crippen molar-refractivity contribution in [2.75, 3.05) is 6.61 Å². The summed E-state index contributed by atoms with van der Waals surface area (Å²) < 4.78 is 4.95. The van der Waals surface area contributed by atoms with Crippen molar-refractivity contribution in [3.8, 4) is 0 Å². The summed E-state index contributed by atoms with van der Waals surface area (Å²) in [5.41, 5.74) is 3.01. The molecule has 0 N–H and O–H groups in total. The largest absolute Gasteiger partial charge is 0.462 e. The molecule has 0 saturated carbocycles. The summed E-state index contributed by atoms with van der Waals surface area (Å²) in [6, 6.07) is 0. The van der Waals surface area contributed by atoms with Crippen LogP contribution < -0.4 is 0 Å². The van der Waals surface area contributed by atoms with Crippen molar-refractivity contribution in [2.24, 2.45) is 0 Å². The lowest BCUT2D eigenvalue weighted by molar-refractivity contribution is -0.138. The predicted octanol–water partition coefficient (Wildman–Crippen LogP) is 2.85. The van der Waals surface area contributed by atoms with Gasteiger partial charge in [-0.25, -0.2) is 4.79 Å². The van der Waals surface area contributed by atoms with Crippen LogP contribution in [0, 0.1) is 0 Å². The summed E-state index contributed by atoms with van der Waals surface area (Å²) in [6.07, 6.45) is 0.807. The van der Waals surface area contributed by atoms with E-state index in [4.69, 9.17) is 4.74 Å². The van der Waals surface area contributed by atoms with Crippen LogP contribution in [0.15, 0.2) is 23.3 Å². The van der Waals surface area contributed by atoms with Gasteiger partial charge in [-0.15, -0.1) is 0 Å². The van der Waals surface area contributed by atoms with E-state index in [1.54, 1.807) is 6.92 Å². The van der Waals surface area contributed by atoms with E-state index in [-0.39, 0.29) is 5.97 Å². The fourth-order valence-corrected chi connectivity index (χ4v) is 0.670. The zero-order chi connectivity index (χ0) is 10.4. The number of carbonyl (C=O) groups is 1. The van der Waals surface area contributed by atoms with E-state index >= 15 is 0 Å². The second-order valence-electron chi connectivity index (χ2n) is 3.45. The fourth-order valence-electron chi connectivity index (χ4n) is 0.670. The molecule has 0 radical (unpaired) electrons. The van der Waals surface area contributed by atoms with Gasteiger partial charge in [-0.2, -0.15) is 0 Å². The average Bonchev–Trinajstić information content (AvgIpc) is 2.03. The quantitative estimate of drug-likeness (QED) is 0.379. The lowest BCUT2D eigenvalue weighted by atomic mass is 10.1. The van der Waals surface area contributed by atoms with Crippen molar-refractivity contribution in [1.82, 2.24) is 0 Å². The number of esters is 1. The highest BCUT2D eigenvalue weighted by Crippen LogP contribution is 2.07. The molecule has 2 nitrogen and oxygen atoms in total. The maximum absolute atomic E-state index is 11.0. The lowest BCUT2D eigenvalue weighted by Gasteiger charge is -2.05. The molecule has 0 atom stereocenters. The van der Waals surface area contributed by atoms with Gasteiger partial charge >= 0.3 is 5.97 Å². The highest BCUT2D eigenvalue weighted by atomic mass is 16.5. The van der Waals surface area contributed by atoms with Gasteiger partial charge in [0.15, 0.2) is 0 Å². The average molecular weight is 182 g/mol. The molecule has 2 heteroatoms. The van der Waals surface area contributed by atoms with Crippen molar-refractivity contribution in [3.05, 3.63) is 23.3 Å². The van der Waals surface area contributed by atoms with Gasteiger partial charge in [-0.3, -0.25) is 0 Å². The number of rotatable bonds is 4. The molecule has 0 bridgehead atoms. The molecule has 0 saturated heterocycles. The predicted molar refractivity (Wildman–Crippen MR) is 54.4 cm³/mol. The van der Waals surface area contributed by atoms with Crippen LogP contribution in [0.5, 0.6) is 0 Å². The first-order valence-corrected chi connectivity index (χ1v) is 4.40. The molecular weight excluding hydrogens is 164 g/mol. The van der Waals surface area contributed by atoms with E-state index < -0.39 is 0 Å². The second-order valence-corrected chi connectivity index (χ2v) is 3.45. The first-order chi connectivity index (χ1) is 5.95. The van der Waals surface area contributed by atoms with Gasteiger partial charge in [-0.1, -0.05) is 17.7 Å². The number of ether oxygens (including phenoxy) is 1. The number of carbonyl (C=O) groups excluding carboxylic acids is 1. The maximum atomic E-state index is 11.0. The summed E-state index contributed by atoms with van der Waals surface area (Å²) in [6.45, 7) is 11.7. The van der Waals surface area contributed by atoms with Crippen molar-refractivity contribution in [3.63, 3.8) is 0 Å². The Labute approximate surface area is 80.3 Å². The lowest BCUT2D eigenvalue weighted by Crippen LogP contribution is -2.06. The summed E-state index contributed by atoms with van der Waals surface area (Å²) in [4.78, 5) is 11.0. The standard InChI is InChI=1S/C11H18O2/c1-8(2)10(5)6-7-13-11(12)9(3)4/h3,6-7H2,1-2,4-5H3. The molecule has 0 amide bonds. The minimum atomic E-state index is -0.304. The van der Waals surface area contributed by atoms with E-state index in [2.05, 4.69) is 20.4 Å². The van der Waals surface area contributed by atoms with Crippen LogP contribution in [0.25, 0.3) is 0 Å². The molecule has 0 fully saturated rings. The van der Waals surface area contributed by atoms with E-state index in [1.165, 1.54) is 11.1 Å². The maximum Gasteiger partial charge on any atom is 0.333 e. The van der Waals surface area contributed by atoms with E-state index in [9.17, 15) is 4.79 Å². The third kappa shape index (κ3) is 5.23. The van der Waals surface area contributed by atoms with Crippen LogP contribution in [-0.2, 0) is 9.53 Å². The summed E-state index contributed by atoms with van der Waals surface area (Å²) in [5.74, 6) is -0.304. The van der Waals surface area contributed by atoms with Gasteiger partial charge in [0.1, 0.15) is 0 Å². The van der Waals surface area contributed by atoms with Gasteiger partial charge in [0.2, 0.25) is 0 Å². The zero-order valence-corrected chi connectivity index (χ0v) is 8.94. The van der Waals surface area contributed by atoms with E-state index in [1.807, 2.05) is 6.92 Å². The van der Waals surface area contributed by atoms with Crippen LogP contribution >= 0.6 is 0 Å². The molecule has 0 heterocycles. The third-order valence-electron chi connectivity index (χ3n) is 1.91. The first-order valence-electron chi connectivity index (χ1n) is 4.40. The Morgan fingerprint density at radius 3 is 2.15 bits per heavy atom. The summed E-state index contributed by atoms with van der Waals surface area (Å²) in [7, 11) is 0. The highest BCUT2D eigenvalue weighted by molar-refractivity contribution is 5.86. The van der Waals surface area contributed by atoms with Crippen molar-refractivity contribution in [1.29, 1.82) is 0 Å². The van der Waals surface area contributed by atoms with Gasteiger partial charge in [0.25, 0.3) is 0 Å². The smallest absolute Gasteiger partial charge is 0.333 e. The summed E-state index contributed by atoms with van der Waals surface area (Å²) >= 11 is 0. The minimum absolute atomic E-state index is 0.304. The van der Waals surface area contributed by atoms with Crippen LogP contribution in [-0.4, -0.2) is 12.6 Å². The van der Waals surface area contributed by atoms with Crippen molar-refractivity contribution < 1.29 is 9.53 Å². The second kappa shape index (κ2) is 5.57. The molecule has 0 aliphatic rings. The van der Waals surface area contributed by atoms with Gasteiger partial charge < -0.3 is 4.74 Å². The van der Waals surface area contributed by atoms with Crippen LogP contribution in [0.4, 0.5) is 0 Å². The summed E-state index contributed by atoms with van der Waals surface area (Å²) in [5, 5.41) is 0. The van der Waals surface area contributed by atoms with Crippen LogP contribution in [0.2, 0.25) is 0 Å². The molecule has 0 aliphatic heterocycles. The molecular formula is C11H18O2. The van der Waals surface area contributed by atoms with E-state index in [0.29, 0.717) is 12.2 Å². The Bertz CT molecular complexity index is 232. The molecule has 0 aromatic carbocycles.